The van der Waals surface area contributed by atoms with Crippen molar-refractivity contribution < 1.29 is 28.0 Å². The van der Waals surface area contributed by atoms with E-state index in [4.69, 9.17) is 28.0 Å². The molecule has 2 aliphatic rings. The molecule has 290 valence electrons. The van der Waals surface area contributed by atoms with Crippen molar-refractivity contribution in [3.63, 3.8) is 0 Å². The van der Waals surface area contributed by atoms with Crippen molar-refractivity contribution in [1.82, 2.24) is 14.2 Å². The molecule has 6 rings (SSSR count). The molecule has 0 spiro atoms. The van der Waals surface area contributed by atoms with Crippen LogP contribution in [0.15, 0.2) is 107 Å². The van der Waals surface area contributed by atoms with Crippen LogP contribution in [0.4, 0.5) is 0 Å². The number of aryl methyl sites for hydroxylation is 1. The second-order valence-electron chi connectivity index (χ2n) is 14.2. The molecule has 0 saturated carbocycles. The van der Waals surface area contributed by atoms with E-state index in [9.17, 15) is 14.9 Å². The summed E-state index contributed by atoms with van der Waals surface area (Å²) in [4.78, 5) is 28.1. The van der Waals surface area contributed by atoms with Gasteiger partial charge in [0, 0.05) is 30.3 Å². The van der Waals surface area contributed by atoms with E-state index >= 15 is 0 Å². The highest BCUT2D eigenvalue weighted by Gasteiger charge is 2.59. The molecule has 1 aliphatic carbocycles. The summed E-state index contributed by atoms with van der Waals surface area (Å²) in [5.74, 6) is 1.39. The minimum absolute atomic E-state index is 0.0407. The summed E-state index contributed by atoms with van der Waals surface area (Å²) in [7, 11) is 1.51. The van der Waals surface area contributed by atoms with Gasteiger partial charge in [-0.05, 0) is 75.6 Å². The van der Waals surface area contributed by atoms with E-state index in [1.54, 1.807) is 21.1 Å². The number of aromatic amines is 1. The Kier molecular flexibility index (Phi) is 12.4. The average Bonchev–Trinajstić information content (AvgIpc) is 3.70. The van der Waals surface area contributed by atoms with Crippen molar-refractivity contribution in [3.05, 3.63) is 140 Å². The fourth-order valence-corrected chi connectivity index (χ4v) is 9.26. The molecule has 3 aromatic carbocycles. The zero-order valence-electron chi connectivity index (χ0n) is 32.3. The Morgan fingerprint density at radius 1 is 0.945 bits per heavy atom. The van der Waals surface area contributed by atoms with Gasteiger partial charge in [-0.2, -0.15) is 5.26 Å². The highest BCUT2D eigenvalue weighted by atomic mass is 31.2. The minimum Gasteiger partial charge on any atom is -0.497 e. The van der Waals surface area contributed by atoms with E-state index in [2.05, 4.69) is 43.4 Å². The Hall–Kier alpha value is -4.60. The smallest absolute Gasteiger partial charge is 0.330 e. The largest absolute Gasteiger partial charge is 0.497 e. The summed E-state index contributed by atoms with van der Waals surface area (Å²) in [6.07, 6.45) is 3.53. The monoisotopic (exact) mass is 768 g/mol. The van der Waals surface area contributed by atoms with Crippen LogP contribution in [-0.4, -0.2) is 64.9 Å². The standard InChI is InChI=1S/C42H49N4O8P/c1-28(2)46(29(3)4)55(51-25-11-24-43)54-41-23-22-36(38(41)52-37(26-41)45-27-30(5)39(47)44-40(45)48)53-42(31-12-9-8-10-13-31,32-14-18-34(49-6)19-15-32)33-16-20-35(50-7)21-17-33/h8-10,12-23,27-29,36-38H,11,25-26H2,1-7H3,(H,44,47,48)/t36-,37-,38-,41+,55?/m1/s1. The van der Waals surface area contributed by atoms with Crippen LogP contribution in [0.3, 0.4) is 0 Å². The molecule has 1 aromatic heterocycles. The Balaban J connectivity index is 1.51. The van der Waals surface area contributed by atoms with Gasteiger partial charge in [-0.3, -0.25) is 14.3 Å². The Morgan fingerprint density at radius 3 is 2.07 bits per heavy atom. The van der Waals surface area contributed by atoms with Crippen molar-refractivity contribution in [3.8, 4) is 17.6 Å². The number of methoxy groups -OCH3 is 2. The first-order chi connectivity index (χ1) is 26.5. The van der Waals surface area contributed by atoms with Gasteiger partial charge in [0.25, 0.3) is 14.1 Å². The number of hydrogen-bond acceptors (Lipinski definition) is 10. The molecule has 5 atom stereocenters. The summed E-state index contributed by atoms with van der Waals surface area (Å²) in [5.41, 5.74) is -0.462. The summed E-state index contributed by atoms with van der Waals surface area (Å²) in [6, 6.07) is 27.8. The number of rotatable bonds is 16. The molecular weight excluding hydrogens is 719 g/mol. The molecule has 0 amide bonds. The third kappa shape index (κ3) is 8.05. The summed E-state index contributed by atoms with van der Waals surface area (Å²) in [6.45, 7) is 10.1. The number of ether oxygens (including phenoxy) is 4. The molecule has 13 heteroatoms. The van der Waals surface area contributed by atoms with Crippen molar-refractivity contribution in [2.75, 3.05) is 20.8 Å². The van der Waals surface area contributed by atoms with Crippen LogP contribution >= 0.6 is 8.53 Å². The Morgan fingerprint density at radius 2 is 1.53 bits per heavy atom. The lowest BCUT2D eigenvalue weighted by Gasteiger charge is -2.42. The van der Waals surface area contributed by atoms with Crippen molar-refractivity contribution in [2.45, 2.75) is 89.2 Å². The predicted molar refractivity (Wildman–Crippen MR) is 210 cm³/mol. The summed E-state index contributed by atoms with van der Waals surface area (Å²) >= 11 is 0. The number of aromatic nitrogens is 2. The number of nitriles is 1. The molecule has 4 aromatic rings. The third-order valence-corrected chi connectivity index (χ3v) is 12.2. The topological polar surface area (TPSA) is 137 Å². The van der Waals surface area contributed by atoms with Crippen molar-refractivity contribution in [1.29, 1.82) is 5.26 Å². The molecule has 1 fully saturated rings. The molecule has 55 heavy (non-hydrogen) atoms. The maximum atomic E-state index is 13.3. The number of nitrogens with zero attached hydrogens (tertiary/aromatic N) is 3. The second-order valence-corrected chi connectivity index (χ2v) is 15.6. The zero-order chi connectivity index (χ0) is 39.3. The van der Waals surface area contributed by atoms with E-state index in [1.165, 1.54) is 10.8 Å². The highest BCUT2D eigenvalue weighted by Crippen LogP contribution is 2.58. The third-order valence-electron chi connectivity index (χ3n) is 10.00. The molecule has 1 saturated heterocycles. The van der Waals surface area contributed by atoms with Crippen LogP contribution in [0.1, 0.15) is 69.0 Å². The lowest BCUT2D eigenvalue weighted by molar-refractivity contribution is -0.127. The van der Waals surface area contributed by atoms with Gasteiger partial charge in [-0.15, -0.1) is 0 Å². The number of fused-ring (bicyclic) bond motifs is 1. The molecule has 1 aliphatic heterocycles. The van der Waals surface area contributed by atoms with Gasteiger partial charge in [0.2, 0.25) is 0 Å². The average molecular weight is 769 g/mol. The fraction of sp³-hybridized carbons (Fsp3) is 0.405. The van der Waals surface area contributed by atoms with Crippen LogP contribution in [0.2, 0.25) is 0 Å². The quantitative estimate of drug-likeness (QED) is 0.0543. The summed E-state index contributed by atoms with van der Waals surface area (Å²) < 4.78 is 42.6. The first-order valence-electron chi connectivity index (χ1n) is 18.4. The number of nitrogens with one attached hydrogen (secondary N) is 1. The maximum Gasteiger partial charge on any atom is 0.330 e. The lowest BCUT2D eigenvalue weighted by Crippen LogP contribution is -2.47. The molecule has 0 radical (unpaired) electrons. The van der Waals surface area contributed by atoms with Crippen molar-refractivity contribution >= 4 is 8.53 Å². The van der Waals surface area contributed by atoms with E-state index < -0.39 is 49.4 Å². The normalized spacial score (nSPS) is 21.2. The van der Waals surface area contributed by atoms with Crippen LogP contribution in [0, 0.1) is 18.3 Å². The van der Waals surface area contributed by atoms with E-state index in [0.717, 1.165) is 16.7 Å². The van der Waals surface area contributed by atoms with Crippen LogP contribution in [-0.2, 0) is 24.1 Å². The Labute approximate surface area is 323 Å². The van der Waals surface area contributed by atoms with Crippen LogP contribution in [0.25, 0.3) is 0 Å². The molecular formula is C42H49N4O8P. The first kappa shape index (κ1) is 40.1. The summed E-state index contributed by atoms with van der Waals surface area (Å²) in [5, 5.41) is 9.38. The minimum atomic E-state index is -1.75. The zero-order valence-corrected chi connectivity index (χ0v) is 33.2. The van der Waals surface area contributed by atoms with Crippen LogP contribution < -0.4 is 20.7 Å². The van der Waals surface area contributed by atoms with Gasteiger partial charge in [-0.25, -0.2) is 9.46 Å². The molecule has 2 heterocycles. The maximum absolute atomic E-state index is 13.3. The Bertz CT molecular complexity index is 2040. The molecule has 1 N–H and O–H groups in total. The second kappa shape index (κ2) is 17.0. The molecule has 12 nitrogen and oxygen atoms in total. The molecule has 0 bridgehead atoms. The van der Waals surface area contributed by atoms with E-state index in [1.807, 2.05) is 91.0 Å². The molecule has 1 unspecified atom stereocenters. The van der Waals surface area contributed by atoms with Crippen molar-refractivity contribution in [2.24, 2.45) is 0 Å². The fourth-order valence-electron chi connectivity index (χ4n) is 7.44. The van der Waals surface area contributed by atoms with Gasteiger partial charge in [0.1, 0.15) is 41.1 Å². The van der Waals surface area contributed by atoms with Gasteiger partial charge in [-0.1, -0.05) is 66.7 Å². The predicted octanol–water partition coefficient (Wildman–Crippen LogP) is 7.13. The lowest BCUT2D eigenvalue weighted by atomic mass is 9.79. The highest BCUT2D eigenvalue weighted by molar-refractivity contribution is 7.44. The van der Waals surface area contributed by atoms with Gasteiger partial charge < -0.3 is 28.0 Å². The van der Waals surface area contributed by atoms with Crippen LogP contribution in [0.5, 0.6) is 11.5 Å². The van der Waals surface area contributed by atoms with Gasteiger partial charge in [0.15, 0.2) is 0 Å². The van der Waals surface area contributed by atoms with Gasteiger partial charge >= 0.3 is 5.69 Å². The van der Waals surface area contributed by atoms with Gasteiger partial charge in [0.05, 0.1) is 33.3 Å². The van der Waals surface area contributed by atoms with E-state index in [0.29, 0.717) is 17.1 Å². The number of H-pyrrole nitrogens is 1. The number of hydrogen-bond donors (Lipinski definition) is 1. The van der Waals surface area contributed by atoms with E-state index in [-0.39, 0.29) is 31.5 Å². The first-order valence-corrected chi connectivity index (χ1v) is 19.6. The number of benzene rings is 3. The SMILES string of the molecule is COc1ccc(C(O[C@@H]2C=C[C@]3(OP(OCCC#N)N(C(C)C)C(C)C)C[C@H](n4cc(C)c(=O)[nH]c4=O)O[C@H]23)(c2ccccc2)c2ccc(OC)cc2)cc1.